The molecular formula is C26H39N3O6. The number of ketones is 1. The number of benzene rings is 1. The fourth-order valence-corrected chi connectivity index (χ4v) is 4.59. The lowest BCUT2D eigenvalue weighted by molar-refractivity contribution is -0.149. The molecule has 194 valence electrons. The fraction of sp³-hybridized carbons (Fsp3) is 0.654. The number of hydrogen-bond donors (Lipinski definition) is 2. The van der Waals surface area contributed by atoms with Crippen molar-refractivity contribution in [2.24, 2.45) is 10.7 Å². The van der Waals surface area contributed by atoms with Crippen molar-refractivity contribution in [3.05, 3.63) is 29.3 Å². The van der Waals surface area contributed by atoms with Gasteiger partial charge in [-0.15, -0.1) is 0 Å². The summed E-state index contributed by atoms with van der Waals surface area (Å²) in [5.41, 5.74) is 6.57. The van der Waals surface area contributed by atoms with E-state index in [1.165, 1.54) is 14.0 Å². The smallest absolute Gasteiger partial charge is 0.410 e. The highest BCUT2D eigenvalue weighted by Gasteiger charge is 2.42. The molecule has 3 rings (SSSR count). The van der Waals surface area contributed by atoms with Crippen molar-refractivity contribution in [2.45, 2.75) is 89.7 Å². The second-order valence-corrected chi connectivity index (χ2v) is 10.5. The number of amides is 1. The third-order valence-corrected chi connectivity index (χ3v) is 6.89. The highest BCUT2D eigenvalue weighted by Crippen LogP contribution is 2.34. The number of ether oxygens (including phenoxy) is 3. The van der Waals surface area contributed by atoms with Gasteiger partial charge >= 0.3 is 6.09 Å². The number of aryl methyl sites for hydroxylation is 1. The average molecular weight is 490 g/mol. The number of hydrogen-bond acceptors (Lipinski definition) is 7. The molecule has 0 aliphatic carbocycles. The minimum absolute atomic E-state index is 0.0691. The molecule has 2 aliphatic heterocycles. The van der Waals surface area contributed by atoms with E-state index in [0.29, 0.717) is 37.4 Å². The summed E-state index contributed by atoms with van der Waals surface area (Å²) in [4.78, 5) is 30.9. The van der Waals surface area contributed by atoms with Gasteiger partial charge in [0, 0.05) is 19.2 Å². The first-order chi connectivity index (χ1) is 16.4. The molecule has 9 heteroatoms. The van der Waals surface area contributed by atoms with Gasteiger partial charge in [0.05, 0.1) is 18.7 Å². The van der Waals surface area contributed by atoms with Crippen LogP contribution in [0, 0.1) is 0 Å². The van der Waals surface area contributed by atoms with E-state index < -0.39 is 17.3 Å². The van der Waals surface area contributed by atoms with Crippen LogP contribution in [0.25, 0.3) is 0 Å². The van der Waals surface area contributed by atoms with Crippen molar-refractivity contribution in [3.63, 3.8) is 0 Å². The van der Waals surface area contributed by atoms with E-state index in [1.54, 1.807) is 11.8 Å². The van der Waals surface area contributed by atoms with Crippen molar-refractivity contribution in [1.29, 1.82) is 0 Å². The minimum atomic E-state index is -0.992. The topological polar surface area (TPSA) is 124 Å². The highest BCUT2D eigenvalue weighted by atomic mass is 16.6. The molecule has 9 nitrogen and oxygen atoms in total. The molecule has 1 amide bonds. The molecule has 1 fully saturated rings. The average Bonchev–Trinajstić information content (AvgIpc) is 2.81. The molecule has 0 unspecified atom stereocenters. The third kappa shape index (κ3) is 6.13. The van der Waals surface area contributed by atoms with Crippen LogP contribution in [0.15, 0.2) is 23.2 Å². The predicted molar refractivity (Wildman–Crippen MR) is 133 cm³/mol. The lowest BCUT2D eigenvalue weighted by Crippen LogP contribution is -2.51. The van der Waals surface area contributed by atoms with E-state index in [0.717, 1.165) is 17.5 Å². The lowest BCUT2D eigenvalue weighted by atomic mass is 9.87. The molecule has 0 saturated carbocycles. The van der Waals surface area contributed by atoms with Gasteiger partial charge in [0.1, 0.15) is 23.3 Å². The van der Waals surface area contributed by atoms with Gasteiger partial charge in [-0.1, -0.05) is 0 Å². The summed E-state index contributed by atoms with van der Waals surface area (Å²) in [5, 5.41) is 9.87. The maximum Gasteiger partial charge on any atom is 0.410 e. The normalized spacial score (nSPS) is 24.7. The van der Waals surface area contributed by atoms with Crippen LogP contribution in [-0.2, 0) is 20.7 Å². The highest BCUT2D eigenvalue weighted by molar-refractivity contribution is 5.98. The van der Waals surface area contributed by atoms with Crippen LogP contribution in [0.5, 0.6) is 5.75 Å². The number of carbonyl (C=O) groups is 2. The molecule has 2 aliphatic rings. The van der Waals surface area contributed by atoms with Crippen LogP contribution in [-0.4, -0.2) is 77.4 Å². The molecule has 35 heavy (non-hydrogen) atoms. The van der Waals surface area contributed by atoms with Crippen molar-refractivity contribution in [2.75, 3.05) is 20.3 Å². The number of nitrogens with zero attached hydrogens (tertiary/aromatic N) is 2. The Bertz CT molecular complexity index is 972. The van der Waals surface area contributed by atoms with E-state index in [9.17, 15) is 14.7 Å². The van der Waals surface area contributed by atoms with Crippen LogP contribution in [0.1, 0.15) is 65.0 Å². The lowest BCUT2D eigenvalue weighted by Gasteiger charge is -2.38. The van der Waals surface area contributed by atoms with Crippen molar-refractivity contribution in [3.8, 4) is 5.75 Å². The Morgan fingerprint density at radius 2 is 1.97 bits per heavy atom. The third-order valence-electron chi connectivity index (χ3n) is 6.89. The van der Waals surface area contributed by atoms with Crippen LogP contribution in [0.2, 0.25) is 0 Å². The number of methoxy groups -OCH3 is 1. The fourth-order valence-electron chi connectivity index (χ4n) is 4.59. The van der Waals surface area contributed by atoms with E-state index >= 15 is 0 Å². The molecule has 2 heterocycles. The Hall–Kier alpha value is -2.65. The summed E-state index contributed by atoms with van der Waals surface area (Å²) >= 11 is 0. The summed E-state index contributed by atoms with van der Waals surface area (Å²) in [6, 6.07) is 5.21. The predicted octanol–water partition coefficient (Wildman–Crippen LogP) is 2.84. The Labute approximate surface area is 207 Å². The van der Waals surface area contributed by atoms with Crippen LogP contribution in [0.4, 0.5) is 4.79 Å². The number of piperidine rings is 1. The Balaban J connectivity index is 1.69. The van der Waals surface area contributed by atoms with Gasteiger partial charge < -0.3 is 30.0 Å². The molecule has 0 spiro atoms. The number of aliphatic hydroxyl groups excluding tert-OH is 1. The maximum absolute atomic E-state index is 12.5. The Morgan fingerprint density at radius 1 is 1.26 bits per heavy atom. The monoisotopic (exact) mass is 489 g/mol. The molecule has 0 radical (unpaired) electrons. The first-order valence-corrected chi connectivity index (χ1v) is 12.2. The summed E-state index contributed by atoms with van der Waals surface area (Å²) in [5.74, 6) is 1.06. The second kappa shape index (κ2) is 10.5. The van der Waals surface area contributed by atoms with Crippen LogP contribution in [0.3, 0.4) is 0 Å². The van der Waals surface area contributed by atoms with Crippen molar-refractivity contribution < 1.29 is 28.9 Å². The standard InChI is InChI=1S/C26H39N3O6/c1-16(31)26(5,33-6)22-10-8-17-13-18(7-9-21(17)34-22)23(27)28-19-11-12-29(20(14-19)15-30)24(32)35-25(2,3)4/h7,9,13,19-20,22,30H,8,10-12,14-15H2,1-6H3,(H2,27,28)/t19-,20-,22+,26+/m0/s1. The Kier molecular flexibility index (Phi) is 8.11. The largest absolute Gasteiger partial charge is 0.487 e. The summed E-state index contributed by atoms with van der Waals surface area (Å²) in [6.45, 7) is 9.01. The van der Waals surface area contributed by atoms with E-state index in [2.05, 4.69) is 0 Å². The zero-order valence-electron chi connectivity index (χ0n) is 21.7. The SMILES string of the molecule is CO[C@](C)(C(C)=O)[C@H]1CCc2cc(C(N)=N[C@H]3CCN(C(=O)OC(C)(C)C)[C@H](CO)C3)ccc2O1. The number of Topliss-reactive ketones (excluding diaryl/α,β-unsaturated/α-hetero) is 1. The van der Waals surface area contributed by atoms with Gasteiger partial charge in [0.2, 0.25) is 0 Å². The second-order valence-electron chi connectivity index (χ2n) is 10.5. The van der Waals surface area contributed by atoms with E-state index in [4.69, 9.17) is 24.9 Å². The molecular weight excluding hydrogens is 450 g/mol. The number of aliphatic imine (C=N–C) groups is 1. The first kappa shape index (κ1) is 26.9. The number of carbonyl (C=O) groups excluding carboxylic acids is 2. The van der Waals surface area contributed by atoms with Crippen LogP contribution < -0.4 is 10.5 Å². The molecule has 0 aromatic heterocycles. The van der Waals surface area contributed by atoms with Crippen LogP contribution >= 0.6 is 0 Å². The number of rotatable bonds is 6. The molecule has 1 saturated heterocycles. The molecule has 1 aromatic carbocycles. The first-order valence-electron chi connectivity index (χ1n) is 12.2. The molecule has 1 aromatic rings. The van der Waals surface area contributed by atoms with Gasteiger partial charge in [-0.3, -0.25) is 9.79 Å². The zero-order valence-corrected chi connectivity index (χ0v) is 21.7. The zero-order chi connectivity index (χ0) is 26.0. The summed E-state index contributed by atoms with van der Waals surface area (Å²) in [6.07, 6.45) is 1.74. The Morgan fingerprint density at radius 3 is 2.57 bits per heavy atom. The summed E-state index contributed by atoms with van der Waals surface area (Å²) < 4.78 is 17.1. The van der Waals surface area contributed by atoms with Gasteiger partial charge in [-0.05, 0) is 84.1 Å². The van der Waals surface area contributed by atoms with Crippen molar-refractivity contribution in [1.82, 2.24) is 4.90 Å². The van der Waals surface area contributed by atoms with E-state index in [-0.39, 0.29) is 30.6 Å². The van der Waals surface area contributed by atoms with Gasteiger partial charge in [0.25, 0.3) is 0 Å². The molecule has 0 bridgehead atoms. The number of aliphatic hydroxyl groups is 1. The molecule has 4 atom stereocenters. The number of nitrogens with two attached hydrogens (primary N) is 1. The number of amidine groups is 1. The van der Waals surface area contributed by atoms with Gasteiger partial charge in [-0.25, -0.2) is 4.79 Å². The minimum Gasteiger partial charge on any atom is -0.487 e. The number of likely N-dealkylation sites (tertiary alicyclic amines) is 1. The quantitative estimate of drug-likeness (QED) is 0.465. The summed E-state index contributed by atoms with van der Waals surface area (Å²) in [7, 11) is 1.53. The van der Waals surface area contributed by atoms with Gasteiger partial charge in [-0.2, -0.15) is 0 Å². The van der Waals surface area contributed by atoms with Gasteiger partial charge in [0.15, 0.2) is 11.4 Å². The maximum atomic E-state index is 12.5. The number of fused-ring (bicyclic) bond motifs is 1. The van der Waals surface area contributed by atoms with Crippen molar-refractivity contribution >= 4 is 17.7 Å². The molecule has 3 N–H and O–H groups in total. The van der Waals surface area contributed by atoms with E-state index in [1.807, 2.05) is 39.0 Å².